The Morgan fingerprint density at radius 3 is 2.50 bits per heavy atom. The van der Waals surface area contributed by atoms with Gasteiger partial charge >= 0.3 is 0 Å². The van der Waals surface area contributed by atoms with Crippen molar-refractivity contribution in [2.75, 3.05) is 0 Å². The van der Waals surface area contributed by atoms with Crippen molar-refractivity contribution in [2.45, 2.75) is 6.54 Å². The molecule has 0 saturated carbocycles. The fourth-order valence-corrected chi connectivity index (χ4v) is 2.04. The van der Waals surface area contributed by atoms with Gasteiger partial charge in [0.1, 0.15) is 0 Å². The molecular weight excluding hydrogens is 252 g/mol. The standard InChI is InChI=1S/C15H14N4O/c16-15(20)13-5-3-12(4-6-13)10-19-11-14(9-17-19)18-7-1-2-8-18/h1-9,11H,10H2,(H2,16,20). The summed E-state index contributed by atoms with van der Waals surface area (Å²) in [5.74, 6) is -0.412. The quantitative estimate of drug-likeness (QED) is 0.782. The van der Waals surface area contributed by atoms with Crippen molar-refractivity contribution >= 4 is 5.91 Å². The SMILES string of the molecule is NC(=O)c1ccc(Cn2cc(-n3cccc3)cn2)cc1. The predicted octanol–water partition coefficient (Wildman–Crippen LogP) is 1.82. The third kappa shape index (κ3) is 2.47. The van der Waals surface area contributed by atoms with Gasteiger partial charge in [-0.15, -0.1) is 0 Å². The van der Waals surface area contributed by atoms with Crippen LogP contribution < -0.4 is 5.73 Å². The van der Waals surface area contributed by atoms with Crippen LogP contribution in [-0.4, -0.2) is 20.3 Å². The first kappa shape index (κ1) is 12.2. The van der Waals surface area contributed by atoms with Crippen LogP contribution in [-0.2, 0) is 6.54 Å². The van der Waals surface area contributed by atoms with Gasteiger partial charge in [-0.05, 0) is 29.8 Å². The molecule has 3 rings (SSSR count). The van der Waals surface area contributed by atoms with Crippen molar-refractivity contribution in [1.82, 2.24) is 14.3 Å². The molecule has 1 aromatic carbocycles. The summed E-state index contributed by atoms with van der Waals surface area (Å²) < 4.78 is 3.86. The minimum Gasteiger partial charge on any atom is -0.366 e. The molecule has 0 bridgehead atoms. The molecule has 2 heterocycles. The molecule has 0 aliphatic heterocycles. The van der Waals surface area contributed by atoms with Crippen molar-refractivity contribution in [3.63, 3.8) is 0 Å². The van der Waals surface area contributed by atoms with Crippen LogP contribution in [0.15, 0.2) is 61.2 Å². The molecule has 0 atom stereocenters. The molecule has 2 aromatic heterocycles. The molecule has 1 amide bonds. The number of amides is 1. The van der Waals surface area contributed by atoms with E-state index >= 15 is 0 Å². The van der Waals surface area contributed by atoms with E-state index in [9.17, 15) is 4.79 Å². The number of carbonyl (C=O) groups excluding carboxylic acids is 1. The van der Waals surface area contributed by atoms with Gasteiger partial charge in [0, 0.05) is 24.2 Å². The molecule has 0 unspecified atom stereocenters. The maximum atomic E-state index is 11.0. The Hall–Kier alpha value is -2.82. The summed E-state index contributed by atoms with van der Waals surface area (Å²) in [6, 6.07) is 11.2. The highest BCUT2D eigenvalue weighted by molar-refractivity contribution is 5.92. The van der Waals surface area contributed by atoms with Crippen LogP contribution in [0.4, 0.5) is 0 Å². The van der Waals surface area contributed by atoms with Gasteiger partial charge < -0.3 is 10.3 Å². The van der Waals surface area contributed by atoms with E-state index < -0.39 is 5.91 Å². The Kier molecular flexibility index (Phi) is 3.09. The first-order chi connectivity index (χ1) is 9.72. The third-order valence-corrected chi connectivity index (χ3v) is 3.11. The summed E-state index contributed by atoms with van der Waals surface area (Å²) >= 11 is 0. The number of hydrogen-bond donors (Lipinski definition) is 1. The van der Waals surface area contributed by atoms with Crippen LogP contribution in [0.5, 0.6) is 0 Å². The van der Waals surface area contributed by atoms with Gasteiger partial charge in [0.25, 0.3) is 0 Å². The largest absolute Gasteiger partial charge is 0.366 e. The molecule has 0 aliphatic carbocycles. The Balaban J connectivity index is 1.76. The maximum absolute atomic E-state index is 11.0. The van der Waals surface area contributed by atoms with E-state index in [1.54, 1.807) is 12.1 Å². The van der Waals surface area contributed by atoms with Crippen LogP contribution in [0.25, 0.3) is 5.69 Å². The number of nitrogens with two attached hydrogens (primary N) is 1. The zero-order valence-electron chi connectivity index (χ0n) is 10.8. The second-order valence-electron chi connectivity index (χ2n) is 4.55. The lowest BCUT2D eigenvalue weighted by Crippen LogP contribution is -2.10. The number of rotatable bonds is 4. The fourth-order valence-electron chi connectivity index (χ4n) is 2.04. The first-order valence-corrected chi connectivity index (χ1v) is 6.27. The van der Waals surface area contributed by atoms with E-state index in [4.69, 9.17) is 5.73 Å². The summed E-state index contributed by atoms with van der Waals surface area (Å²) in [6.07, 6.45) is 7.74. The molecule has 0 fully saturated rings. The molecule has 0 saturated heterocycles. The van der Waals surface area contributed by atoms with Crippen molar-refractivity contribution in [1.29, 1.82) is 0 Å². The van der Waals surface area contributed by atoms with E-state index in [-0.39, 0.29) is 0 Å². The Bertz CT molecular complexity index is 711. The average molecular weight is 266 g/mol. The van der Waals surface area contributed by atoms with Gasteiger partial charge in [0.05, 0.1) is 18.4 Å². The summed E-state index contributed by atoms with van der Waals surface area (Å²) in [5, 5.41) is 4.33. The van der Waals surface area contributed by atoms with E-state index in [1.165, 1.54) is 0 Å². The highest BCUT2D eigenvalue weighted by Crippen LogP contribution is 2.09. The molecular formula is C15H14N4O. The maximum Gasteiger partial charge on any atom is 0.248 e. The smallest absolute Gasteiger partial charge is 0.248 e. The van der Waals surface area contributed by atoms with Gasteiger partial charge in [0.15, 0.2) is 0 Å². The number of benzene rings is 1. The van der Waals surface area contributed by atoms with Gasteiger partial charge in [-0.1, -0.05) is 12.1 Å². The number of nitrogens with zero attached hydrogens (tertiary/aromatic N) is 3. The topological polar surface area (TPSA) is 65.8 Å². The van der Waals surface area contributed by atoms with Crippen LogP contribution in [0.3, 0.4) is 0 Å². The lowest BCUT2D eigenvalue weighted by Gasteiger charge is -2.03. The van der Waals surface area contributed by atoms with Gasteiger partial charge in [-0.25, -0.2) is 0 Å². The van der Waals surface area contributed by atoms with Crippen molar-refractivity contribution in [3.8, 4) is 5.69 Å². The van der Waals surface area contributed by atoms with Crippen LogP contribution in [0.1, 0.15) is 15.9 Å². The van der Waals surface area contributed by atoms with Crippen LogP contribution >= 0.6 is 0 Å². The normalized spacial score (nSPS) is 10.6. The molecule has 2 N–H and O–H groups in total. The molecule has 5 heteroatoms. The number of carbonyl (C=O) groups is 1. The Labute approximate surface area is 116 Å². The van der Waals surface area contributed by atoms with Crippen molar-refractivity contribution in [3.05, 3.63) is 72.3 Å². The molecule has 3 aromatic rings. The lowest BCUT2D eigenvalue weighted by molar-refractivity contribution is 0.100. The second-order valence-corrected chi connectivity index (χ2v) is 4.55. The van der Waals surface area contributed by atoms with E-state index in [1.807, 2.05) is 58.3 Å². The molecule has 20 heavy (non-hydrogen) atoms. The molecule has 0 aliphatic rings. The van der Waals surface area contributed by atoms with Crippen LogP contribution in [0, 0.1) is 0 Å². The lowest BCUT2D eigenvalue weighted by atomic mass is 10.1. The summed E-state index contributed by atoms with van der Waals surface area (Å²) in [6.45, 7) is 0.653. The second kappa shape index (κ2) is 5.05. The molecule has 100 valence electrons. The predicted molar refractivity (Wildman–Crippen MR) is 75.6 cm³/mol. The third-order valence-electron chi connectivity index (χ3n) is 3.11. The summed E-state index contributed by atoms with van der Waals surface area (Å²) in [4.78, 5) is 11.0. The molecule has 0 radical (unpaired) electrons. The minimum absolute atomic E-state index is 0.412. The minimum atomic E-state index is -0.412. The van der Waals surface area contributed by atoms with Crippen molar-refractivity contribution in [2.24, 2.45) is 5.73 Å². The fraction of sp³-hybridized carbons (Fsp3) is 0.0667. The van der Waals surface area contributed by atoms with E-state index in [0.29, 0.717) is 12.1 Å². The van der Waals surface area contributed by atoms with Gasteiger partial charge in [0.2, 0.25) is 5.91 Å². The zero-order chi connectivity index (χ0) is 13.9. The molecule has 5 nitrogen and oxygen atoms in total. The highest BCUT2D eigenvalue weighted by Gasteiger charge is 2.03. The van der Waals surface area contributed by atoms with Gasteiger partial charge in [-0.3, -0.25) is 9.48 Å². The number of hydrogen-bond acceptors (Lipinski definition) is 2. The van der Waals surface area contributed by atoms with E-state index in [2.05, 4.69) is 5.10 Å². The first-order valence-electron chi connectivity index (χ1n) is 6.27. The van der Waals surface area contributed by atoms with Crippen molar-refractivity contribution < 1.29 is 4.79 Å². The molecule has 0 spiro atoms. The van der Waals surface area contributed by atoms with Gasteiger partial charge in [-0.2, -0.15) is 5.10 Å². The zero-order valence-corrected chi connectivity index (χ0v) is 10.8. The summed E-state index contributed by atoms with van der Waals surface area (Å²) in [5.41, 5.74) is 7.81. The summed E-state index contributed by atoms with van der Waals surface area (Å²) in [7, 11) is 0. The van der Waals surface area contributed by atoms with Crippen LogP contribution in [0.2, 0.25) is 0 Å². The average Bonchev–Trinajstić information content (AvgIpc) is 3.09. The number of aromatic nitrogens is 3. The highest BCUT2D eigenvalue weighted by atomic mass is 16.1. The Morgan fingerprint density at radius 2 is 1.85 bits per heavy atom. The monoisotopic (exact) mass is 266 g/mol. The Morgan fingerprint density at radius 1 is 1.15 bits per heavy atom. The van der Waals surface area contributed by atoms with E-state index in [0.717, 1.165) is 11.3 Å². The number of primary amides is 1.